The predicted octanol–water partition coefficient (Wildman–Crippen LogP) is 6.42. The average Bonchev–Trinajstić information content (AvgIpc) is 2.89. The molecule has 2 heterocycles. The van der Waals surface area contributed by atoms with E-state index >= 15 is 0 Å². The Balaban J connectivity index is 1.55. The molecule has 0 N–H and O–H groups in total. The third kappa shape index (κ3) is 4.99. The van der Waals surface area contributed by atoms with Gasteiger partial charge in [-0.05, 0) is 53.3 Å². The number of aryl methyl sites for hydroxylation is 1. The number of hydrogen-bond acceptors (Lipinski definition) is 2. The second-order valence-electron chi connectivity index (χ2n) is 9.92. The van der Waals surface area contributed by atoms with Crippen molar-refractivity contribution in [3.8, 4) is 0 Å². The van der Waals surface area contributed by atoms with Gasteiger partial charge in [0.15, 0.2) is 0 Å². The second-order valence-corrected chi connectivity index (χ2v) is 9.92. The van der Waals surface area contributed by atoms with Crippen molar-refractivity contribution in [3.05, 3.63) is 100 Å². The monoisotopic (exact) mass is 546 g/mol. The van der Waals surface area contributed by atoms with E-state index in [1.54, 1.807) is 35.2 Å². The van der Waals surface area contributed by atoms with E-state index in [1.807, 2.05) is 18.2 Å². The van der Waals surface area contributed by atoms with Crippen LogP contribution in [-0.2, 0) is 34.9 Å². The molecule has 2 aliphatic heterocycles. The molecule has 2 atom stereocenters. The van der Waals surface area contributed by atoms with Gasteiger partial charge in [-0.1, -0.05) is 48.5 Å². The molecular weight excluding hydrogens is 522 g/mol. The lowest BCUT2D eigenvalue weighted by Gasteiger charge is -2.43. The molecule has 3 aromatic carbocycles. The molecule has 0 fully saturated rings. The lowest BCUT2D eigenvalue weighted by Crippen LogP contribution is -2.51. The van der Waals surface area contributed by atoms with Gasteiger partial charge in [0.25, 0.3) is 0 Å². The Hall–Kier alpha value is -3.82. The number of para-hydroxylation sites is 1. The molecule has 204 valence electrons. The zero-order valence-corrected chi connectivity index (χ0v) is 20.8. The molecule has 2 unspecified atom stereocenters. The molecule has 0 spiro atoms. The second kappa shape index (κ2) is 9.73. The van der Waals surface area contributed by atoms with Crippen molar-refractivity contribution in [1.29, 1.82) is 0 Å². The molecule has 5 rings (SSSR count). The van der Waals surface area contributed by atoms with Crippen LogP contribution in [0, 0.1) is 5.92 Å². The lowest BCUT2D eigenvalue weighted by molar-refractivity contribution is -0.143. The number of carbonyl (C=O) groups is 2. The van der Waals surface area contributed by atoms with Crippen LogP contribution in [0.1, 0.15) is 45.7 Å². The summed E-state index contributed by atoms with van der Waals surface area (Å²) in [4.78, 5) is 30.3. The van der Waals surface area contributed by atoms with Crippen molar-refractivity contribution >= 4 is 17.5 Å². The Bertz CT molecular complexity index is 1390. The van der Waals surface area contributed by atoms with E-state index in [0.29, 0.717) is 25.1 Å². The summed E-state index contributed by atoms with van der Waals surface area (Å²) in [5.41, 5.74) is 0.0293. The van der Waals surface area contributed by atoms with Crippen molar-refractivity contribution in [1.82, 2.24) is 4.90 Å². The number of halogens is 6. The molecule has 4 nitrogen and oxygen atoms in total. The summed E-state index contributed by atoms with van der Waals surface area (Å²) in [7, 11) is 1.29. The molecule has 0 aromatic heterocycles. The Labute approximate surface area is 220 Å². The van der Waals surface area contributed by atoms with Crippen molar-refractivity contribution < 1.29 is 35.9 Å². The van der Waals surface area contributed by atoms with E-state index in [1.165, 1.54) is 7.05 Å². The number of hydrogen-bond donors (Lipinski definition) is 0. The maximum absolute atomic E-state index is 13.9. The van der Waals surface area contributed by atoms with Crippen LogP contribution in [0.4, 0.5) is 32.0 Å². The Morgan fingerprint density at radius 3 is 2.18 bits per heavy atom. The SMILES string of the molecule is CN(Cc1cc(C(F)(F)F)cc(C(F)(F)F)c1)C(=O)C1C(=O)N2CCCc3cccc(c32)C1c1ccccc1. The topological polar surface area (TPSA) is 40.6 Å². The lowest BCUT2D eigenvalue weighted by atomic mass is 9.73. The summed E-state index contributed by atoms with van der Waals surface area (Å²) in [6.45, 7) is -0.121. The molecule has 10 heteroatoms. The molecule has 3 aromatic rings. The van der Waals surface area contributed by atoms with Gasteiger partial charge >= 0.3 is 12.4 Å². The van der Waals surface area contributed by atoms with Crippen LogP contribution in [0.3, 0.4) is 0 Å². The molecule has 39 heavy (non-hydrogen) atoms. The highest BCUT2D eigenvalue weighted by Gasteiger charge is 2.47. The first-order chi connectivity index (χ1) is 18.4. The van der Waals surface area contributed by atoms with Gasteiger partial charge in [-0.15, -0.1) is 0 Å². The molecular formula is C29H24F6N2O2. The van der Waals surface area contributed by atoms with E-state index < -0.39 is 53.7 Å². The third-order valence-electron chi connectivity index (χ3n) is 7.32. The molecule has 0 aliphatic carbocycles. The normalized spacial score (nSPS) is 19.1. The van der Waals surface area contributed by atoms with Gasteiger partial charge in [-0.3, -0.25) is 9.59 Å². The Morgan fingerprint density at radius 1 is 0.923 bits per heavy atom. The maximum atomic E-state index is 13.9. The minimum absolute atomic E-state index is 0.0479. The first-order valence-corrected chi connectivity index (χ1v) is 12.4. The van der Waals surface area contributed by atoms with E-state index in [0.717, 1.165) is 33.7 Å². The van der Waals surface area contributed by atoms with Gasteiger partial charge in [-0.2, -0.15) is 26.3 Å². The quantitative estimate of drug-likeness (QED) is 0.280. The summed E-state index contributed by atoms with van der Waals surface area (Å²) >= 11 is 0. The molecule has 0 radical (unpaired) electrons. The molecule has 2 aliphatic rings. The summed E-state index contributed by atoms with van der Waals surface area (Å²) in [6.07, 6.45) is -8.53. The highest BCUT2D eigenvalue weighted by Crippen LogP contribution is 2.47. The molecule has 0 saturated carbocycles. The molecule has 2 amide bonds. The van der Waals surface area contributed by atoms with Crippen LogP contribution in [0.5, 0.6) is 0 Å². The summed E-state index contributed by atoms with van der Waals surface area (Å²) in [5.74, 6) is -3.00. The fourth-order valence-electron chi connectivity index (χ4n) is 5.62. The van der Waals surface area contributed by atoms with Gasteiger partial charge in [0, 0.05) is 26.1 Å². The number of benzene rings is 3. The average molecular weight is 547 g/mol. The molecule has 0 bridgehead atoms. The highest BCUT2D eigenvalue weighted by atomic mass is 19.4. The standard InChI is InChI=1S/C29H24F6N2O2/c1-36(16-17-13-20(28(30,31)32)15-21(14-17)29(33,34)35)26(38)24-23(18-7-3-2-4-8-18)22-11-5-9-19-10-6-12-37(25(19)22)27(24)39/h2-5,7-9,11,13-15,23-24H,6,10,12,16H2,1H3. The van der Waals surface area contributed by atoms with Crippen LogP contribution in [0.25, 0.3) is 0 Å². The van der Waals surface area contributed by atoms with Crippen molar-refractivity contribution in [3.63, 3.8) is 0 Å². The zero-order valence-electron chi connectivity index (χ0n) is 20.8. The summed E-state index contributed by atoms with van der Waals surface area (Å²) in [6, 6.07) is 15.9. The summed E-state index contributed by atoms with van der Waals surface area (Å²) < 4.78 is 80.3. The first kappa shape index (κ1) is 26.8. The smallest absolute Gasteiger partial charge is 0.341 e. The van der Waals surface area contributed by atoms with Gasteiger partial charge in [0.1, 0.15) is 5.92 Å². The minimum Gasteiger partial charge on any atom is -0.341 e. The van der Waals surface area contributed by atoms with E-state index in [-0.39, 0.29) is 11.6 Å². The van der Waals surface area contributed by atoms with Crippen LogP contribution < -0.4 is 4.90 Å². The first-order valence-electron chi connectivity index (χ1n) is 12.4. The van der Waals surface area contributed by atoms with E-state index in [2.05, 4.69) is 0 Å². The fraction of sp³-hybridized carbons (Fsp3) is 0.310. The number of nitrogens with zero attached hydrogens (tertiary/aromatic N) is 2. The van der Waals surface area contributed by atoms with E-state index in [9.17, 15) is 35.9 Å². The Morgan fingerprint density at radius 2 is 1.56 bits per heavy atom. The number of rotatable bonds is 4. The van der Waals surface area contributed by atoms with Crippen LogP contribution >= 0.6 is 0 Å². The number of anilines is 1. The number of amides is 2. The maximum Gasteiger partial charge on any atom is 0.416 e. The van der Waals surface area contributed by atoms with Gasteiger partial charge in [0.2, 0.25) is 11.8 Å². The van der Waals surface area contributed by atoms with Crippen LogP contribution in [0.2, 0.25) is 0 Å². The minimum atomic E-state index is -5.01. The highest BCUT2D eigenvalue weighted by molar-refractivity contribution is 6.11. The van der Waals surface area contributed by atoms with Gasteiger partial charge in [-0.25, -0.2) is 0 Å². The summed E-state index contributed by atoms with van der Waals surface area (Å²) in [5, 5.41) is 0. The van der Waals surface area contributed by atoms with E-state index in [4.69, 9.17) is 0 Å². The Kier molecular flexibility index (Phi) is 6.68. The van der Waals surface area contributed by atoms with Gasteiger partial charge < -0.3 is 9.80 Å². The number of alkyl halides is 6. The largest absolute Gasteiger partial charge is 0.416 e. The third-order valence-corrected chi connectivity index (χ3v) is 7.32. The van der Waals surface area contributed by atoms with Crippen molar-refractivity contribution in [2.45, 2.75) is 37.7 Å². The van der Waals surface area contributed by atoms with Crippen LogP contribution in [-0.4, -0.2) is 30.3 Å². The van der Waals surface area contributed by atoms with Crippen molar-refractivity contribution in [2.24, 2.45) is 5.92 Å². The van der Waals surface area contributed by atoms with Gasteiger partial charge in [0.05, 0.1) is 16.8 Å². The number of carbonyl (C=O) groups excluding carboxylic acids is 2. The fourth-order valence-corrected chi connectivity index (χ4v) is 5.62. The van der Waals surface area contributed by atoms with Crippen LogP contribution in [0.15, 0.2) is 66.7 Å². The molecule has 0 saturated heterocycles. The zero-order chi connectivity index (χ0) is 28.1. The predicted molar refractivity (Wildman–Crippen MR) is 132 cm³/mol. The van der Waals surface area contributed by atoms with Crippen molar-refractivity contribution in [2.75, 3.05) is 18.5 Å².